The van der Waals surface area contributed by atoms with Crippen LogP contribution >= 0.6 is 11.6 Å². The summed E-state index contributed by atoms with van der Waals surface area (Å²) in [6, 6.07) is 13.0. The molecule has 0 saturated heterocycles. The maximum Gasteiger partial charge on any atom is 0.310 e. The van der Waals surface area contributed by atoms with E-state index in [2.05, 4.69) is 4.72 Å². The molecule has 2 rings (SSSR count). The van der Waals surface area contributed by atoms with Crippen molar-refractivity contribution in [1.82, 2.24) is 4.72 Å². The molecular formula is C17H16ClNO5S. The third-order valence-electron chi connectivity index (χ3n) is 3.42. The Morgan fingerprint density at radius 3 is 2.20 bits per heavy atom. The Morgan fingerprint density at radius 1 is 1.04 bits per heavy atom. The molecule has 0 fully saturated rings. The molecule has 0 aromatic heterocycles. The highest BCUT2D eigenvalue weighted by atomic mass is 35.5. The van der Waals surface area contributed by atoms with Crippen molar-refractivity contribution in [2.24, 2.45) is 0 Å². The smallest absolute Gasteiger partial charge is 0.310 e. The highest BCUT2D eigenvalue weighted by Gasteiger charge is 2.27. The van der Waals surface area contributed by atoms with E-state index in [0.29, 0.717) is 10.6 Å². The van der Waals surface area contributed by atoms with E-state index in [4.69, 9.17) is 16.7 Å². The van der Waals surface area contributed by atoms with Crippen LogP contribution in [0.3, 0.4) is 0 Å². The summed E-state index contributed by atoms with van der Waals surface area (Å²) in [6.07, 6.45) is -0.708. The van der Waals surface area contributed by atoms with Gasteiger partial charge in [-0.2, -0.15) is 0 Å². The van der Waals surface area contributed by atoms with E-state index in [9.17, 15) is 18.0 Å². The second-order valence-electron chi connectivity index (χ2n) is 5.35. The van der Waals surface area contributed by atoms with E-state index in [-0.39, 0.29) is 11.3 Å². The number of benzene rings is 2. The van der Waals surface area contributed by atoms with Crippen LogP contribution in [-0.4, -0.2) is 31.3 Å². The molecule has 0 saturated carbocycles. The highest BCUT2D eigenvalue weighted by Crippen LogP contribution is 2.15. The number of carboxylic acids is 1. The van der Waals surface area contributed by atoms with Crippen LogP contribution in [0.1, 0.15) is 12.0 Å². The van der Waals surface area contributed by atoms with Gasteiger partial charge in [0.1, 0.15) is 6.42 Å². The molecule has 0 heterocycles. The number of nitrogens with one attached hydrogen (secondary N) is 1. The molecule has 0 aliphatic rings. The van der Waals surface area contributed by atoms with Crippen LogP contribution in [-0.2, 0) is 26.0 Å². The Balaban J connectivity index is 2.26. The number of halogens is 1. The van der Waals surface area contributed by atoms with Crippen molar-refractivity contribution in [2.45, 2.75) is 23.8 Å². The minimum absolute atomic E-state index is 0.0553. The topological polar surface area (TPSA) is 101 Å². The molecule has 0 unspecified atom stereocenters. The molecule has 0 aliphatic carbocycles. The fourth-order valence-electron chi connectivity index (χ4n) is 2.21. The lowest BCUT2D eigenvalue weighted by Crippen LogP contribution is -2.43. The van der Waals surface area contributed by atoms with Gasteiger partial charge in [0.2, 0.25) is 10.0 Å². The summed E-state index contributed by atoms with van der Waals surface area (Å²) in [5.41, 5.74) is 0.713. The van der Waals surface area contributed by atoms with Crippen LogP contribution in [0.2, 0.25) is 5.02 Å². The summed E-state index contributed by atoms with van der Waals surface area (Å²) in [7, 11) is -4.00. The van der Waals surface area contributed by atoms with Gasteiger partial charge in [-0.1, -0.05) is 41.9 Å². The number of carboxylic acid groups (broad SMARTS) is 1. The van der Waals surface area contributed by atoms with Crippen molar-refractivity contribution in [3.8, 4) is 0 Å². The zero-order valence-corrected chi connectivity index (χ0v) is 14.6. The maximum atomic E-state index is 12.5. The zero-order valence-electron chi connectivity index (χ0n) is 13.1. The van der Waals surface area contributed by atoms with Crippen LogP contribution < -0.4 is 4.72 Å². The number of sulfonamides is 1. The lowest BCUT2D eigenvalue weighted by molar-refractivity contribution is -0.140. The molecule has 0 bridgehead atoms. The van der Waals surface area contributed by atoms with Gasteiger partial charge in [-0.15, -0.1) is 0 Å². The molecule has 2 aromatic rings. The molecule has 132 valence electrons. The van der Waals surface area contributed by atoms with Crippen LogP contribution in [0.25, 0.3) is 0 Å². The fourth-order valence-corrected chi connectivity index (χ4v) is 3.56. The lowest BCUT2D eigenvalue weighted by atomic mass is 10.0. The van der Waals surface area contributed by atoms with E-state index in [1.807, 2.05) is 0 Å². The highest BCUT2D eigenvalue weighted by molar-refractivity contribution is 7.89. The molecule has 2 N–H and O–H groups in total. The number of hydrogen-bond donors (Lipinski definition) is 2. The number of ketones is 1. The Morgan fingerprint density at radius 2 is 1.64 bits per heavy atom. The van der Waals surface area contributed by atoms with Crippen molar-refractivity contribution in [3.63, 3.8) is 0 Å². The van der Waals surface area contributed by atoms with Crippen molar-refractivity contribution >= 4 is 33.4 Å². The van der Waals surface area contributed by atoms with Crippen molar-refractivity contribution in [1.29, 1.82) is 0 Å². The molecule has 2 aromatic carbocycles. The third-order valence-corrected chi connectivity index (χ3v) is 5.16. The van der Waals surface area contributed by atoms with Gasteiger partial charge in [0.15, 0.2) is 5.78 Å². The number of rotatable bonds is 8. The predicted molar refractivity (Wildman–Crippen MR) is 93.0 cm³/mol. The van der Waals surface area contributed by atoms with Crippen molar-refractivity contribution in [2.75, 3.05) is 0 Å². The van der Waals surface area contributed by atoms with E-state index < -0.39 is 34.2 Å². The van der Waals surface area contributed by atoms with Crippen LogP contribution in [0, 0.1) is 0 Å². The monoisotopic (exact) mass is 381 g/mol. The van der Waals surface area contributed by atoms with Gasteiger partial charge in [0.05, 0.1) is 10.9 Å². The van der Waals surface area contributed by atoms with Gasteiger partial charge in [-0.3, -0.25) is 9.59 Å². The van der Waals surface area contributed by atoms with Gasteiger partial charge < -0.3 is 5.11 Å². The molecule has 0 spiro atoms. The summed E-state index contributed by atoms with van der Waals surface area (Å²) in [4.78, 5) is 23.0. The molecule has 0 amide bonds. The summed E-state index contributed by atoms with van der Waals surface area (Å²) in [5, 5.41) is 9.21. The minimum atomic E-state index is -4.00. The van der Waals surface area contributed by atoms with Crippen LogP contribution in [0.15, 0.2) is 59.5 Å². The molecule has 8 heteroatoms. The van der Waals surface area contributed by atoms with E-state index in [0.717, 1.165) is 0 Å². The average Bonchev–Trinajstić information content (AvgIpc) is 2.55. The maximum absolute atomic E-state index is 12.5. The number of hydrogen-bond acceptors (Lipinski definition) is 4. The molecule has 1 atom stereocenters. The summed E-state index contributed by atoms with van der Waals surface area (Å²) < 4.78 is 27.3. The molecule has 25 heavy (non-hydrogen) atoms. The number of Topliss-reactive ketones (excluding diaryl/α,β-unsaturated/α-hetero) is 1. The first-order valence-corrected chi connectivity index (χ1v) is 9.20. The lowest BCUT2D eigenvalue weighted by Gasteiger charge is -2.17. The Hall–Kier alpha value is -2.22. The van der Waals surface area contributed by atoms with E-state index in [1.165, 1.54) is 24.3 Å². The summed E-state index contributed by atoms with van der Waals surface area (Å²) in [6.45, 7) is 0. The molecule has 0 aliphatic heterocycles. The summed E-state index contributed by atoms with van der Waals surface area (Å²) in [5.74, 6) is -2.03. The Labute approximate surface area is 150 Å². The van der Waals surface area contributed by atoms with Crippen molar-refractivity contribution < 1.29 is 23.1 Å². The summed E-state index contributed by atoms with van der Waals surface area (Å²) >= 11 is 5.75. The molecular weight excluding hydrogens is 366 g/mol. The largest absolute Gasteiger partial charge is 0.481 e. The van der Waals surface area contributed by atoms with Gasteiger partial charge in [0.25, 0.3) is 0 Å². The first-order valence-electron chi connectivity index (χ1n) is 7.34. The quantitative estimate of drug-likeness (QED) is 0.683. The first kappa shape index (κ1) is 19.1. The first-order chi connectivity index (χ1) is 11.8. The number of carbonyl (C=O) groups excluding carboxylic acids is 1. The standard InChI is InChI=1S/C17H16ClNO5S/c18-13-6-8-14(9-7-13)25(23,24)19-15(16(20)11-17(21)22)10-12-4-2-1-3-5-12/h1-9,15,19H,10-11H2,(H,21,22)/t15-/m1/s1. The SMILES string of the molecule is O=C(O)CC(=O)[C@@H](Cc1ccccc1)NS(=O)(=O)c1ccc(Cl)cc1. The predicted octanol–water partition coefficient (Wildman–Crippen LogP) is 2.27. The van der Waals surface area contributed by atoms with Crippen LogP contribution in [0.5, 0.6) is 0 Å². The Kier molecular flexibility index (Phi) is 6.30. The Bertz CT molecular complexity index is 850. The normalized spacial score (nSPS) is 12.5. The zero-order chi connectivity index (χ0) is 18.4. The van der Waals surface area contributed by atoms with Gasteiger partial charge in [-0.05, 0) is 36.2 Å². The van der Waals surface area contributed by atoms with Gasteiger partial charge in [-0.25, -0.2) is 13.1 Å². The van der Waals surface area contributed by atoms with E-state index in [1.54, 1.807) is 30.3 Å². The fraction of sp³-hybridized carbons (Fsp3) is 0.176. The van der Waals surface area contributed by atoms with Crippen molar-refractivity contribution in [3.05, 3.63) is 65.2 Å². The average molecular weight is 382 g/mol. The molecule has 0 radical (unpaired) electrons. The second-order valence-corrected chi connectivity index (χ2v) is 7.50. The van der Waals surface area contributed by atoms with Gasteiger partial charge in [0, 0.05) is 5.02 Å². The molecule has 6 nitrogen and oxygen atoms in total. The number of aliphatic carboxylic acids is 1. The number of carbonyl (C=O) groups is 2. The second kappa shape index (κ2) is 8.24. The van der Waals surface area contributed by atoms with Gasteiger partial charge >= 0.3 is 5.97 Å². The van der Waals surface area contributed by atoms with Crippen LogP contribution in [0.4, 0.5) is 0 Å². The van der Waals surface area contributed by atoms with E-state index >= 15 is 0 Å². The third kappa shape index (κ3) is 5.67. The minimum Gasteiger partial charge on any atom is -0.481 e.